The van der Waals surface area contributed by atoms with Crippen LogP contribution in [0.5, 0.6) is 5.75 Å². The minimum absolute atomic E-state index is 0.126. The Morgan fingerprint density at radius 1 is 1.15 bits per heavy atom. The number of imide groups is 2. The molecule has 1 saturated heterocycles. The highest BCUT2D eigenvalue weighted by molar-refractivity contribution is 9.10. The number of hydrogen-bond acceptors (Lipinski definition) is 4. The lowest BCUT2D eigenvalue weighted by Crippen LogP contribution is -2.54. The Kier molecular flexibility index (Phi) is 5.41. The van der Waals surface area contributed by atoms with E-state index in [2.05, 4.69) is 21.2 Å². The fourth-order valence-corrected chi connectivity index (χ4v) is 3.26. The van der Waals surface area contributed by atoms with Crippen LogP contribution in [0.4, 0.5) is 10.5 Å². The monoisotopic (exact) mass is 428 g/mol. The lowest BCUT2D eigenvalue weighted by Gasteiger charge is -2.27. The summed E-state index contributed by atoms with van der Waals surface area (Å²) in [5.41, 5.74) is 1.65. The van der Waals surface area contributed by atoms with Crippen LogP contribution in [0, 0.1) is 6.92 Å². The molecule has 0 saturated carbocycles. The van der Waals surface area contributed by atoms with Crippen molar-refractivity contribution in [2.45, 2.75) is 13.8 Å². The molecule has 0 unspecified atom stereocenters. The first-order valence-corrected chi connectivity index (χ1v) is 9.10. The number of nitrogens with zero attached hydrogens (tertiary/aromatic N) is 1. The van der Waals surface area contributed by atoms with Gasteiger partial charge in [-0.25, -0.2) is 9.69 Å². The minimum Gasteiger partial charge on any atom is -0.494 e. The first-order valence-electron chi connectivity index (χ1n) is 8.31. The average molecular weight is 429 g/mol. The summed E-state index contributed by atoms with van der Waals surface area (Å²) in [6, 6.07) is 11.5. The third-order valence-corrected chi connectivity index (χ3v) is 4.43. The zero-order chi connectivity index (χ0) is 19.6. The van der Waals surface area contributed by atoms with Crippen molar-refractivity contribution >= 4 is 45.5 Å². The van der Waals surface area contributed by atoms with Gasteiger partial charge in [0.05, 0.1) is 12.3 Å². The summed E-state index contributed by atoms with van der Waals surface area (Å²) in [6.45, 7) is 4.14. The molecule has 2 aromatic rings. The summed E-state index contributed by atoms with van der Waals surface area (Å²) in [5, 5.41) is 2.23. The molecule has 0 radical (unpaired) electrons. The third-order valence-electron chi connectivity index (χ3n) is 3.97. The Balaban J connectivity index is 2.03. The van der Waals surface area contributed by atoms with Crippen LogP contribution in [-0.2, 0) is 9.59 Å². The predicted octanol–water partition coefficient (Wildman–Crippen LogP) is 3.82. The maximum absolute atomic E-state index is 12.9. The number of carbonyl (C=O) groups excluding carboxylic acids is 3. The molecule has 2 aromatic carbocycles. The summed E-state index contributed by atoms with van der Waals surface area (Å²) in [5.74, 6) is -0.794. The fraction of sp³-hybridized carbons (Fsp3) is 0.150. The standard InChI is InChI=1S/C20H17BrN2O4/c1-3-27-15-9-13(8-14(21)11-15)10-16-18(24)22-20(26)23(19(16)25)17-7-5-4-6-12(17)2/h4-11H,3H2,1-2H3,(H,22,24,26)/b16-10+. The van der Waals surface area contributed by atoms with E-state index in [-0.39, 0.29) is 5.57 Å². The normalized spacial score (nSPS) is 15.9. The van der Waals surface area contributed by atoms with Gasteiger partial charge in [-0.15, -0.1) is 0 Å². The number of barbiturate groups is 1. The molecule has 3 rings (SSSR count). The van der Waals surface area contributed by atoms with Crippen molar-refractivity contribution in [3.8, 4) is 5.75 Å². The van der Waals surface area contributed by atoms with Crippen LogP contribution in [0.3, 0.4) is 0 Å². The quantitative estimate of drug-likeness (QED) is 0.592. The van der Waals surface area contributed by atoms with Gasteiger partial charge in [-0.2, -0.15) is 0 Å². The van der Waals surface area contributed by atoms with Gasteiger partial charge in [-0.3, -0.25) is 14.9 Å². The van der Waals surface area contributed by atoms with E-state index in [1.807, 2.05) is 13.0 Å². The van der Waals surface area contributed by atoms with Gasteiger partial charge in [0.25, 0.3) is 11.8 Å². The SMILES string of the molecule is CCOc1cc(Br)cc(/C=C2\C(=O)NC(=O)N(c3ccccc3C)C2=O)c1. The molecule has 0 bridgehead atoms. The Hall–Kier alpha value is -2.93. The van der Waals surface area contributed by atoms with Gasteiger partial charge < -0.3 is 4.74 Å². The van der Waals surface area contributed by atoms with Crippen LogP contribution in [0.2, 0.25) is 0 Å². The molecule has 1 aliphatic heterocycles. The number of carbonyl (C=O) groups is 3. The first kappa shape index (κ1) is 18.8. The highest BCUT2D eigenvalue weighted by Gasteiger charge is 2.37. The molecule has 0 spiro atoms. The second-order valence-electron chi connectivity index (χ2n) is 5.90. The van der Waals surface area contributed by atoms with Crippen molar-refractivity contribution in [3.05, 3.63) is 63.6 Å². The van der Waals surface area contributed by atoms with E-state index in [1.165, 1.54) is 6.08 Å². The van der Waals surface area contributed by atoms with Crippen molar-refractivity contribution in [1.82, 2.24) is 5.32 Å². The predicted molar refractivity (Wildman–Crippen MR) is 105 cm³/mol. The fourth-order valence-electron chi connectivity index (χ4n) is 2.77. The summed E-state index contributed by atoms with van der Waals surface area (Å²) >= 11 is 3.39. The summed E-state index contributed by atoms with van der Waals surface area (Å²) in [6.07, 6.45) is 1.45. The van der Waals surface area contributed by atoms with Crippen LogP contribution in [-0.4, -0.2) is 24.5 Å². The van der Waals surface area contributed by atoms with Crippen LogP contribution >= 0.6 is 15.9 Å². The van der Waals surface area contributed by atoms with Crippen LogP contribution in [0.15, 0.2) is 52.5 Å². The Morgan fingerprint density at radius 2 is 1.89 bits per heavy atom. The third kappa shape index (κ3) is 3.93. The van der Waals surface area contributed by atoms with Gasteiger partial charge in [0.1, 0.15) is 11.3 Å². The maximum atomic E-state index is 12.9. The van der Waals surface area contributed by atoms with Gasteiger partial charge >= 0.3 is 6.03 Å². The number of aryl methyl sites for hydroxylation is 1. The number of amides is 4. The molecule has 0 aliphatic carbocycles. The van der Waals surface area contributed by atoms with Crippen LogP contribution in [0.25, 0.3) is 6.08 Å². The first-order chi connectivity index (χ1) is 12.9. The molecule has 1 fully saturated rings. The maximum Gasteiger partial charge on any atom is 0.335 e. The van der Waals surface area contributed by atoms with Gasteiger partial charge in [-0.05, 0) is 55.3 Å². The number of para-hydroxylation sites is 1. The molecule has 1 aliphatic rings. The summed E-state index contributed by atoms with van der Waals surface area (Å²) in [4.78, 5) is 38.5. The number of hydrogen-bond donors (Lipinski definition) is 1. The van der Waals surface area contributed by atoms with E-state index in [0.717, 1.165) is 14.9 Å². The zero-order valence-corrected chi connectivity index (χ0v) is 16.4. The number of ether oxygens (including phenoxy) is 1. The molecule has 1 heterocycles. The number of anilines is 1. The van der Waals surface area contributed by atoms with E-state index in [4.69, 9.17) is 4.74 Å². The molecule has 7 heteroatoms. The van der Waals surface area contributed by atoms with Gasteiger partial charge in [0.15, 0.2) is 0 Å². The number of rotatable bonds is 4. The molecule has 0 aromatic heterocycles. The van der Waals surface area contributed by atoms with E-state index >= 15 is 0 Å². The topological polar surface area (TPSA) is 75.7 Å². The minimum atomic E-state index is -0.763. The van der Waals surface area contributed by atoms with Gasteiger partial charge in [-0.1, -0.05) is 34.1 Å². The number of nitrogens with one attached hydrogen (secondary N) is 1. The Morgan fingerprint density at radius 3 is 2.59 bits per heavy atom. The Labute approximate surface area is 164 Å². The van der Waals surface area contributed by atoms with E-state index < -0.39 is 17.8 Å². The second kappa shape index (κ2) is 7.75. The van der Waals surface area contributed by atoms with Crippen LogP contribution < -0.4 is 15.0 Å². The number of benzene rings is 2. The molecule has 0 atom stereocenters. The number of halogens is 1. The number of urea groups is 1. The van der Waals surface area contributed by atoms with Crippen LogP contribution in [0.1, 0.15) is 18.1 Å². The highest BCUT2D eigenvalue weighted by atomic mass is 79.9. The molecular formula is C20H17BrN2O4. The van der Waals surface area contributed by atoms with E-state index in [1.54, 1.807) is 43.3 Å². The highest BCUT2D eigenvalue weighted by Crippen LogP contribution is 2.27. The molecular weight excluding hydrogens is 412 g/mol. The zero-order valence-electron chi connectivity index (χ0n) is 14.8. The van der Waals surface area contributed by atoms with Crippen molar-refractivity contribution in [2.75, 3.05) is 11.5 Å². The van der Waals surface area contributed by atoms with Gasteiger partial charge in [0.2, 0.25) is 0 Å². The van der Waals surface area contributed by atoms with Gasteiger partial charge in [0, 0.05) is 4.47 Å². The lowest BCUT2D eigenvalue weighted by atomic mass is 10.1. The molecule has 1 N–H and O–H groups in total. The van der Waals surface area contributed by atoms with Crippen molar-refractivity contribution in [2.24, 2.45) is 0 Å². The smallest absolute Gasteiger partial charge is 0.335 e. The molecule has 6 nitrogen and oxygen atoms in total. The molecule has 4 amide bonds. The van der Waals surface area contributed by atoms with Crippen molar-refractivity contribution in [3.63, 3.8) is 0 Å². The van der Waals surface area contributed by atoms with E-state index in [0.29, 0.717) is 23.6 Å². The second-order valence-corrected chi connectivity index (χ2v) is 6.81. The van der Waals surface area contributed by atoms with Crippen molar-refractivity contribution < 1.29 is 19.1 Å². The molecule has 138 valence electrons. The molecule has 27 heavy (non-hydrogen) atoms. The summed E-state index contributed by atoms with van der Waals surface area (Å²) < 4.78 is 6.23. The summed E-state index contributed by atoms with van der Waals surface area (Å²) in [7, 11) is 0. The largest absolute Gasteiger partial charge is 0.494 e. The van der Waals surface area contributed by atoms with Crippen molar-refractivity contribution in [1.29, 1.82) is 0 Å². The Bertz CT molecular complexity index is 968. The average Bonchev–Trinajstić information content (AvgIpc) is 2.60. The van der Waals surface area contributed by atoms with E-state index in [9.17, 15) is 14.4 Å². The lowest BCUT2D eigenvalue weighted by molar-refractivity contribution is -0.122.